The first-order chi connectivity index (χ1) is 16.7. The molecule has 7 nitrogen and oxygen atoms in total. The van der Waals surface area contributed by atoms with Gasteiger partial charge in [-0.1, -0.05) is 18.2 Å². The summed E-state index contributed by atoms with van der Waals surface area (Å²) in [6.07, 6.45) is -4.71. The zero-order valence-electron chi connectivity index (χ0n) is 17.8. The zero-order chi connectivity index (χ0) is 25.6. The van der Waals surface area contributed by atoms with Crippen LogP contribution < -0.4 is 10.2 Å². The Morgan fingerprint density at radius 2 is 1.80 bits per heavy atom. The van der Waals surface area contributed by atoms with Crippen LogP contribution in [0.15, 0.2) is 66.0 Å². The van der Waals surface area contributed by atoms with Crippen molar-refractivity contribution in [1.29, 1.82) is 0 Å². The number of nitrogens with zero attached hydrogens (tertiary/aromatic N) is 1. The first kappa shape index (κ1) is 25.8. The summed E-state index contributed by atoms with van der Waals surface area (Å²) in [4.78, 5) is 38.9. The van der Waals surface area contributed by atoms with Crippen molar-refractivity contribution in [3.05, 3.63) is 82.0 Å². The summed E-state index contributed by atoms with van der Waals surface area (Å²) in [6.45, 7) is -2.42. The molecule has 1 aromatic heterocycles. The average molecular weight is 510 g/mol. The van der Waals surface area contributed by atoms with Gasteiger partial charge in [0, 0.05) is 16.3 Å². The number of aliphatic hydroxyl groups excluding tert-OH is 1. The van der Waals surface area contributed by atoms with E-state index in [-0.39, 0.29) is 16.9 Å². The van der Waals surface area contributed by atoms with Gasteiger partial charge in [-0.05, 0) is 47.8 Å². The third-order valence-corrected chi connectivity index (χ3v) is 5.65. The van der Waals surface area contributed by atoms with Gasteiger partial charge in [-0.25, -0.2) is 9.18 Å². The van der Waals surface area contributed by atoms with Gasteiger partial charge in [-0.2, -0.15) is 13.2 Å². The largest absolute Gasteiger partial charge is 0.430 e. The lowest BCUT2D eigenvalue weighted by Gasteiger charge is -2.30. The molecule has 0 fully saturated rings. The van der Waals surface area contributed by atoms with E-state index in [2.05, 4.69) is 10.1 Å². The number of hydrogen-bond acceptors (Lipinski definition) is 6. The Kier molecular flexibility index (Phi) is 8.20. The molecule has 2 N–H and O–H groups in total. The van der Waals surface area contributed by atoms with Crippen molar-refractivity contribution in [2.24, 2.45) is 0 Å². The maximum Gasteiger partial charge on any atom is 0.416 e. The van der Waals surface area contributed by atoms with Gasteiger partial charge >= 0.3 is 12.1 Å². The molecule has 1 unspecified atom stereocenters. The summed E-state index contributed by atoms with van der Waals surface area (Å²) < 4.78 is 56.5. The minimum Gasteiger partial charge on any atom is -0.430 e. The van der Waals surface area contributed by atoms with Gasteiger partial charge < -0.3 is 15.2 Å². The number of anilines is 2. The van der Waals surface area contributed by atoms with Crippen LogP contribution in [0.3, 0.4) is 0 Å². The molecule has 3 rings (SSSR count). The van der Waals surface area contributed by atoms with E-state index < -0.39 is 49.0 Å². The highest BCUT2D eigenvalue weighted by molar-refractivity contribution is 7.10. The smallest absolute Gasteiger partial charge is 0.416 e. The lowest BCUT2D eigenvalue weighted by molar-refractivity contribution is -0.137. The van der Waals surface area contributed by atoms with E-state index in [1.165, 1.54) is 36.4 Å². The van der Waals surface area contributed by atoms with E-state index in [4.69, 9.17) is 0 Å². The molecule has 0 radical (unpaired) electrons. The predicted molar refractivity (Wildman–Crippen MR) is 120 cm³/mol. The van der Waals surface area contributed by atoms with Crippen molar-refractivity contribution >= 4 is 40.5 Å². The molecule has 184 valence electrons. The van der Waals surface area contributed by atoms with Crippen molar-refractivity contribution in [3.63, 3.8) is 0 Å². The molecule has 0 spiro atoms. The fraction of sp³-hybridized carbons (Fsp3) is 0.174. The molecule has 2 amide bonds. The minimum absolute atomic E-state index is 0.0608. The molecule has 0 saturated carbocycles. The summed E-state index contributed by atoms with van der Waals surface area (Å²) in [5.41, 5.74) is -1.28. The SMILES string of the molecule is O=C(OCF)c1cccc(NC(=O)C(c2cccs2)N(C(=O)CO)c2cccc(C(F)(F)F)c2)c1. The van der Waals surface area contributed by atoms with Gasteiger partial charge in [0.1, 0.15) is 6.61 Å². The Labute approximate surface area is 200 Å². The molecule has 0 bridgehead atoms. The number of thiophene rings is 1. The van der Waals surface area contributed by atoms with Gasteiger partial charge in [0.2, 0.25) is 6.86 Å². The summed E-state index contributed by atoms with van der Waals surface area (Å²) in [7, 11) is 0. The molecular weight excluding hydrogens is 492 g/mol. The van der Waals surface area contributed by atoms with Crippen molar-refractivity contribution < 1.29 is 41.8 Å². The molecule has 2 aromatic carbocycles. The molecule has 1 heterocycles. The topological polar surface area (TPSA) is 95.9 Å². The van der Waals surface area contributed by atoms with E-state index >= 15 is 0 Å². The predicted octanol–water partition coefficient (Wildman–Crippen LogP) is 4.56. The van der Waals surface area contributed by atoms with Crippen LogP contribution in [-0.4, -0.2) is 36.4 Å². The number of carbonyl (C=O) groups is 3. The number of halogens is 4. The number of aliphatic hydroxyl groups is 1. The molecule has 3 aromatic rings. The first-order valence-corrected chi connectivity index (χ1v) is 10.8. The third kappa shape index (κ3) is 6.22. The molecular formula is C23H18F4N2O5S. The Balaban J connectivity index is 2.03. The fourth-order valence-corrected chi connectivity index (χ4v) is 4.05. The van der Waals surface area contributed by atoms with Crippen LogP contribution >= 0.6 is 11.3 Å². The second-order valence-corrected chi connectivity index (χ2v) is 7.98. The summed E-state index contributed by atoms with van der Waals surface area (Å²) in [5.74, 6) is -2.82. The molecule has 1 atom stereocenters. The van der Waals surface area contributed by atoms with Crippen LogP contribution in [0.4, 0.5) is 28.9 Å². The van der Waals surface area contributed by atoms with Crippen LogP contribution in [-0.2, 0) is 20.5 Å². The van der Waals surface area contributed by atoms with Crippen LogP contribution in [0.1, 0.15) is 26.8 Å². The molecule has 0 aliphatic heterocycles. The number of nitrogens with one attached hydrogen (secondary N) is 1. The van der Waals surface area contributed by atoms with E-state index in [0.717, 1.165) is 28.4 Å². The maximum atomic E-state index is 13.4. The Morgan fingerprint density at radius 3 is 2.43 bits per heavy atom. The lowest BCUT2D eigenvalue weighted by Crippen LogP contribution is -2.42. The number of benzene rings is 2. The standard InChI is InChI=1S/C23H18F4N2O5S/c24-13-34-22(33)14-4-1-6-16(10-14)28-21(32)20(18-8-3-9-35-18)29(19(31)12-30)17-7-2-5-15(11-17)23(25,26)27/h1-11,20,30H,12-13H2,(H,28,32). The third-order valence-electron chi connectivity index (χ3n) is 4.73. The summed E-state index contributed by atoms with van der Waals surface area (Å²) >= 11 is 1.07. The maximum absolute atomic E-state index is 13.4. The number of hydrogen-bond donors (Lipinski definition) is 2. The first-order valence-electron chi connectivity index (χ1n) is 9.93. The second-order valence-electron chi connectivity index (χ2n) is 7.00. The number of rotatable bonds is 8. The highest BCUT2D eigenvalue weighted by Crippen LogP contribution is 2.36. The van der Waals surface area contributed by atoms with Crippen molar-refractivity contribution in [2.45, 2.75) is 12.2 Å². The lowest BCUT2D eigenvalue weighted by atomic mass is 10.1. The monoisotopic (exact) mass is 510 g/mol. The molecule has 12 heteroatoms. The number of carbonyl (C=O) groups excluding carboxylic acids is 3. The van der Waals surface area contributed by atoms with Gasteiger partial charge in [0.25, 0.3) is 11.8 Å². The number of ether oxygens (including phenoxy) is 1. The Hall–Kier alpha value is -3.77. The van der Waals surface area contributed by atoms with Crippen LogP contribution in [0.5, 0.6) is 0 Å². The van der Waals surface area contributed by atoms with Crippen molar-refractivity contribution in [2.75, 3.05) is 23.7 Å². The van der Waals surface area contributed by atoms with E-state index in [1.54, 1.807) is 11.4 Å². The Bertz CT molecular complexity index is 1200. The highest BCUT2D eigenvalue weighted by atomic mass is 32.1. The van der Waals surface area contributed by atoms with E-state index in [0.29, 0.717) is 10.9 Å². The highest BCUT2D eigenvalue weighted by Gasteiger charge is 2.36. The van der Waals surface area contributed by atoms with Gasteiger partial charge in [0.05, 0.1) is 11.1 Å². The molecule has 0 saturated heterocycles. The van der Waals surface area contributed by atoms with Crippen molar-refractivity contribution in [1.82, 2.24) is 0 Å². The van der Waals surface area contributed by atoms with Gasteiger partial charge in [-0.3, -0.25) is 14.5 Å². The molecule has 0 aliphatic carbocycles. The minimum atomic E-state index is -4.71. The summed E-state index contributed by atoms with van der Waals surface area (Å²) in [5, 5.41) is 13.7. The second kappa shape index (κ2) is 11.1. The summed E-state index contributed by atoms with van der Waals surface area (Å²) in [6, 6.07) is 10.8. The quantitative estimate of drug-likeness (QED) is 0.342. The van der Waals surface area contributed by atoms with E-state index in [1.807, 2.05) is 0 Å². The van der Waals surface area contributed by atoms with Crippen LogP contribution in [0, 0.1) is 0 Å². The average Bonchev–Trinajstić information content (AvgIpc) is 3.36. The normalized spacial score (nSPS) is 12.0. The van der Waals surface area contributed by atoms with Crippen LogP contribution in [0.25, 0.3) is 0 Å². The number of alkyl halides is 4. The van der Waals surface area contributed by atoms with Gasteiger partial charge in [0.15, 0.2) is 6.04 Å². The Morgan fingerprint density at radius 1 is 1.06 bits per heavy atom. The fourth-order valence-electron chi connectivity index (χ4n) is 3.23. The molecule has 35 heavy (non-hydrogen) atoms. The zero-order valence-corrected chi connectivity index (χ0v) is 18.6. The number of esters is 1. The van der Waals surface area contributed by atoms with Gasteiger partial charge in [-0.15, -0.1) is 11.3 Å². The number of amides is 2. The van der Waals surface area contributed by atoms with Crippen LogP contribution in [0.2, 0.25) is 0 Å². The van der Waals surface area contributed by atoms with Crippen molar-refractivity contribution in [3.8, 4) is 0 Å². The molecule has 0 aliphatic rings. The van der Waals surface area contributed by atoms with E-state index in [9.17, 15) is 37.1 Å².